The van der Waals surface area contributed by atoms with Crippen LogP contribution < -0.4 is 10.4 Å². The summed E-state index contributed by atoms with van der Waals surface area (Å²) in [5.74, 6) is 1.67. The lowest BCUT2D eigenvalue weighted by Crippen LogP contribution is -2.21. The van der Waals surface area contributed by atoms with Crippen molar-refractivity contribution in [3.05, 3.63) is 94.9 Å². The quantitative estimate of drug-likeness (QED) is 0.432. The van der Waals surface area contributed by atoms with Crippen LogP contribution in [0.4, 0.5) is 4.39 Å². The molecule has 3 heterocycles. The Morgan fingerprint density at radius 2 is 1.65 bits per heavy atom. The van der Waals surface area contributed by atoms with Gasteiger partial charge in [0.1, 0.15) is 23.9 Å². The molecule has 0 unspecified atom stereocenters. The number of benzene rings is 2. The van der Waals surface area contributed by atoms with Gasteiger partial charge in [-0.1, -0.05) is 17.3 Å². The van der Waals surface area contributed by atoms with Gasteiger partial charge >= 0.3 is 5.69 Å². The van der Waals surface area contributed by atoms with E-state index < -0.39 is 0 Å². The Hall–Kier alpha value is -4.27. The zero-order chi connectivity index (χ0) is 21.4. The highest BCUT2D eigenvalue weighted by Crippen LogP contribution is 2.26. The first-order valence-electron chi connectivity index (χ1n) is 9.47. The van der Waals surface area contributed by atoms with Crippen molar-refractivity contribution in [3.8, 4) is 22.6 Å². The lowest BCUT2D eigenvalue weighted by atomic mass is 10.1. The molecule has 3 aromatic heterocycles. The van der Waals surface area contributed by atoms with Gasteiger partial charge in [0.25, 0.3) is 0 Å². The molecule has 0 N–H and O–H groups in total. The monoisotopic (exact) mass is 417 g/mol. The van der Waals surface area contributed by atoms with Gasteiger partial charge in [-0.25, -0.2) is 18.3 Å². The lowest BCUT2D eigenvalue weighted by molar-refractivity contribution is 0.361. The van der Waals surface area contributed by atoms with E-state index in [0.29, 0.717) is 28.9 Å². The summed E-state index contributed by atoms with van der Waals surface area (Å²) in [6, 6.07) is 16.9. The van der Waals surface area contributed by atoms with Crippen molar-refractivity contribution in [2.45, 2.75) is 13.5 Å². The predicted molar refractivity (Wildman–Crippen MR) is 109 cm³/mol. The molecule has 8 nitrogen and oxygen atoms in total. The van der Waals surface area contributed by atoms with E-state index in [4.69, 9.17) is 9.26 Å². The molecule has 2 aromatic carbocycles. The third-order valence-corrected chi connectivity index (χ3v) is 4.67. The van der Waals surface area contributed by atoms with Gasteiger partial charge in [-0.05, 0) is 66.6 Å². The highest BCUT2D eigenvalue weighted by molar-refractivity contribution is 5.65. The van der Waals surface area contributed by atoms with Crippen LogP contribution in [-0.2, 0) is 6.54 Å². The molecule has 0 fully saturated rings. The summed E-state index contributed by atoms with van der Waals surface area (Å²) >= 11 is 0. The van der Waals surface area contributed by atoms with Gasteiger partial charge in [0.05, 0.1) is 0 Å². The molecule has 0 aliphatic rings. The van der Waals surface area contributed by atoms with Crippen LogP contribution in [0.5, 0.6) is 11.5 Å². The highest BCUT2D eigenvalue weighted by atomic mass is 19.1. The fraction of sp³-hybridized carbons (Fsp3) is 0.0909. The number of aryl methyl sites for hydroxylation is 1. The third-order valence-electron chi connectivity index (χ3n) is 4.67. The molecular weight excluding hydrogens is 401 g/mol. The first kappa shape index (κ1) is 18.7. The summed E-state index contributed by atoms with van der Waals surface area (Å²) < 4.78 is 26.6. The number of fused-ring (bicyclic) bond motifs is 1. The van der Waals surface area contributed by atoms with Crippen molar-refractivity contribution in [1.82, 2.24) is 24.3 Å². The Balaban J connectivity index is 1.40. The molecule has 9 heteroatoms. The third kappa shape index (κ3) is 3.80. The molecule has 0 bridgehead atoms. The van der Waals surface area contributed by atoms with E-state index in [2.05, 4.69) is 15.2 Å². The molecule has 5 rings (SSSR count). The largest absolute Gasteiger partial charge is 0.457 e. The minimum absolute atomic E-state index is 0.103. The predicted octanol–water partition coefficient (Wildman–Crippen LogP) is 3.83. The zero-order valence-corrected chi connectivity index (χ0v) is 16.4. The Labute approximate surface area is 175 Å². The van der Waals surface area contributed by atoms with Crippen molar-refractivity contribution >= 4 is 5.65 Å². The fourth-order valence-electron chi connectivity index (χ4n) is 3.18. The van der Waals surface area contributed by atoms with Crippen LogP contribution in [0.1, 0.15) is 11.7 Å². The van der Waals surface area contributed by atoms with E-state index in [1.165, 1.54) is 21.2 Å². The summed E-state index contributed by atoms with van der Waals surface area (Å²) in [5.41, 5.74) is 1.96. The fourth-order valence-corrected chi connectivity index (χ4v) is 3.18. The number of rotatable bonds is 5. The zero-order valence-electron chi connectivity index (χ0n) is 16.4. The summed E-state index contributed by atoms with van der Waals surface area (Å²) in [7, 11) is 0. The Kier molecular flexibility index (Phi) is 4.55. The van der Waals surface area contributed by atoms with Crippen LogP contribution in [0, 0.1) is 12.7 Å². The molecule has 0 amide bonds. The van der Waals surface area contributed by atoms with Crippen LogP contribution in [0.2, 0.25) is 0 Å². The maximum absolute atomic E-state index is 13.0. The first-order valence-corrected chi connectivity index (χ1v) is 9.47. The SMILES string of the molecule is Cc1noc(Cn2nc3ccc(-c4ccc(Oc5ccc(F)cc5)cc4)cn3c2=O)n1. The smallest absolute Gasteiger partial charge is 0.350 e. The average molecular weight is 417 g/mol. The van der Waals surface area contributed by atoms with Crippen molar-refractivity contribution in [1.29, 1.82) is 0 Å². The summed E-state index contributed by atoms with van der Waals surface area (Å²) in [6.07, 6.45) is 1.73. The Morgan fingerprint density at radius 1 is 0.968 bits per heavy atom. The maximum atomic E-state index is 13.0. The normalized spacial score (nSPS) is 11.2. The van der Waals surface area contributed by atoms with Crippen molar-refractivity contribution < 1.29 is 13.7 Å². The number of nitrogens with zero attached hydrogens (tertiary/aromatic N) is 5. The standard InChI is InChI=1S/C22H16FN5O3/c1-14-24-21(31-26-14)13-28-22(29)27-12-16(4-11-20(27)25-28)15-2-7-18(8-3-15)30-19-9-5-17(23)6-10-19/h2-12H,13H2,1H3. The number of hydrogen-bond acceptors (Lipinski definition) is 6. The Morgan fingerprint density at radius 3 is 2.32 bits per heavy atom. The van der Waals surface area contributed by atoms with Gasteiger partial charge in [-0.3, -0.25) is 0 Å². The number of aromatic nitrogens is 5. The molecule has 0 aliphatic carbocycles. The van der Waals surface area contributed by atoms with Crippen molar-refractivity contribution in [2.24, 2.45) is 0 Å². The van der Waals surface area contributed by atoms with E-state index in [9.17, 15) is 9.18 Å². The molecule has 154 valence electrons. The molecular formula is C22H16FN5O3. The van der Waals surface area contributed by atoms with Gasteiger partial charge in [0.15, 0.2) is 11.5 Å². The number of pyridine rings is 1. The van der Waals surface area contributed by atoms with E-state index in [1.54, 1.807) is 31.3 Å². The van der Waals surface area contributed by atoms with Crippen LogP contribution in [-0.4, -0.2) is 24.3 Å². The summed E-state index contributed by atoms with van der Waals surface area (Å²) in [5, 5.41) is 8.04. The first-order chi connectivity index (χ1) is 15.0. The van der Waals surface area contributed by atoms with E-state index in [1.807, 2.05) is 30.3 Å². The topological polar surface area (TPSA) is 87.5 Å². The highest BCUT2D eigenvalue weighted by Gasteiger charge is 2.12. The molecule has 0 atom stereocenters. The molecule has 5 aromatic rings. The molecule has 0 spiro atoms. The molecule has 0 radical (unpaired) electrons. The van der Waals surface area contributed by atoms with Gasteiger partial charge in [0, 0.05) is 6.20 Å². The van der Waals surface area contributed by atoms with Gasteiger partial charge in [-0.15, -0.1) is 5.10 Å². The Bertz CT molecular complexity index is 1420. The molecule has 0 saturated heterocycles. The van der Waals surface area contributed by atoms with Crippen LogP contribution >= 0.6 is 0 Å². The lowest BCUT2D eigenvalue weighted by Gasteiger charge is -2.07. The molecule has 0 aliphatic heterocycles. The van der Waals surface area contributed by atoms with E-state index in [0.717, 1.165) is 11.1 Å². The number of ether oxygens (including phenoxy) is 1. The van der Waals surface area contributed by atoms with Crippen LogP contribution in [0.15, 0.2) is 76.2 Å². The van der Waals surface area contributed by atoms with Gasteiger partial charge in [0.2, 0.25) is 5.89 Å². The van der Waals surface area contributed by atoms with E-state index >= 15 is 0 Å². The average Bonchev–Trinajstić information content (AvgIpc) is 3.33. The second kappa shape index (κ2) is 7.52. The minimum atomic E-state index is -0.316. The van der Waals surface area contributed by atoms with Gasteiger partial charge < -0.3 is 9.26 Å². The summed E-state index contributed by atoms with van der Waals surface area (Å²) in [4.78, 5) is 16.8. The number of halogens is 1. The summed E-state index contributed by atoms with van der Waals surface area (Å²) in [6.45, 7) is 1.81. The molecule has 31 heavy (non-hydrogen) atoms. The minimum Gasteiger partial charge on any atom is -0.457 e. The second-order valence-corrected chi connectivity index (χ2v) is 6.90. The van der Waals surface area contributed by atoms with Crippen molar-refractivity contribution in [3.63, 3.8) is 0 Å². The molecule has 0 saturated carbocycles. The second-order valence-electron chi connectivity index (χ2n) is 6.90. The van der Waals surface area contributed by atoms with Crippen molar-refractivity contribution in [2.75, 3.05) is 0 Å². The number of hydrogen-bond donors (Lipinski definition) is 0. The van der Waals surface area contributed by atoms with Gasteiger partial charge in [-0.2, -0.15) is 4.98 Å². The van der Waals surface area contributed by atoms with Crippen LogP contribution in [0.25, 0.3) is 16.8 Å². The maximum Gasteiger partial charge on any atom is 0.350 e. The van der Waals surface area contributed by atoms with E-state index in [-0.39, 0.29) is 18.1 Å². The van der Waals surface area contributed by atoms with Crippen LogP contribution in [0.3, 0.4) is 0 Å².